The van der Waals surface area contributed by atoms with Gasteiger partial charge in [-0.05, 0) is 56.1 Å². The first-order valence-electron chi connectivity index (χ1n) is 9.22. The maximum atomic E-state index is 12.9. The van der Waals surface area contributed by atoms with Gasteiger partial charge < -0.3 is 14.9 Å². The number of rotatable bonds is 6. The molecule has 0 atom stereocenters. The standard InChI is InChI=1S/C21H20F3N3O2S2/c1-27(2)8-9-30-18-7-6-15(31-18)12-17-20(29)25-16(19(28)26-17)11-13-4-3-5-14(10-13)21(22,23)24/h3-7,10-12H,8-9H2,1-2H3,(H,25,29)(H,26,28). The number of H-pyrrole nitrogens is 2. The minimum atomic E-state index is -4.49. The lowest BCUT2D eigenvalue weighted by atomic mass is 10.1. The molecule has 2 N–H and O–H groups in total. The SMILES string of the molecule is CN(C)CCSc1ccc(C=c2[nH]c(=O)c(=Cc3cccc(C(F)(F)F)c3)[nH]c2=O)s1. The van der Waals surface area contributed by atoms with E-state index in [0.29, 0.717) is 0 Å². The van der Waals surface area contributed by atoms with Gasteiger partial charge in [0.15, 0.2) is 0 Å². The first-order chi connectivity index (χ1) is 14.6. The summed E-state index contributed by atoms with van der Waals surface area (Å²) in [5.74, 6) is 0.935. The highest BCUT2D eigenvalue weighted by atomic mass is 32.2. The Morgan fingerprint density at radius 2 is 1.71 bits per heavy atom. The summed E-state index contributed by atoms with van der Waals surface area (Å²) in [4.78, 5) is 32.6. The Hall–Kier alpha value is -2.56. The highest BCUT2D eigenvalue weighted by molar-refractivity contribution is 8.01. The van der Waals surface area contributed by atoms with Gasteiger partial charge in [-0.1, -0.05) is 12.1 Å². The number of hydrogen-bond donors (Lipinski definition) is 2. The van der Waals surface area contributed by atoms with E-state index in [-0.39, 0.29) is 16.3 Å². The molecular formula is C21H20F3N3O2S2. The lowest BCUT2D eigenvalue weighted by Gasteiger charge is -2.07. The van der Waals surface area contributed by atoms with Crippen LogP contribution in [0.2, 0.25) is 0 Å². The first-order valence-corrected chi connectivity index (χ1v) is 11.0. The minimum Gasteiger partial charge on any atom is -0.316 e. The van der Waals surface area contributed by atoms with Crippen molar-refractivity contribution in [3.63, 3.8) is 0 Å². The summed E-state index contributed by atoms with van der Waals surface area (Å²) in [5.41, 5.74) is -1.80. The molecule has 164 valence electrons. The molecule has 3 aromatic rings. The Kier molecular flexibility index (Phi) is 7.24. The normalized spacial score (nSPS) is 13.4. The van der Waals surface area contributed by atoms with Crippen molar-refractivity contribution in [2.24, 2.45) is 0 Å². The third-order valence-electron chi connectivity index (χ3n) is 4.18. The van der Waals surface area contributed by atoms with Gasteiger partial charge >= 0.3 is 6.18 Å². The molecule has 0 amide bonds. The van der Waals surface area contributed by atoms with Crippen molar-refractivity contribution in [2.45, 2.75) is 10.4 Å². The highest BCUT2D eigenvalue weighted by Crippen LogP contribution is 2.29. The van der Waals surface area contributed by atoms with Gasteiger partial charge in [0.1, 0.15) is 10.7 Å². The molecule has 0 aliphatic rings. The molecule has 2 heterocycles. The molecule has 31 heavy (non-hydrogen) atoms. The van der Waals surface area contributed by atoms with Crippen LogP contribution in [0.5, 0.6) is 0 Å². The third kappa shape index (κ3) is 6.46. The molecule has 0 bridgehead atoms. The molecule has 0 aliphatic carbocycles. The van der Waals surface area contributed by atoms with Gasteiger partial charge in [0.25, 0.3) is 11.1 Å². The molecule has 2 aromatic heterocycles. The Bertz CT molecular complexity index is 1290. The maximum Gasteiger partial charge on any atom is 0.416 e. The second-order valence-corrected chi connectivity index (χ2v) is 9.47. The van der Waals surface area contributed by atoms with E-state index in [0.717, 1.165) is 33.5 Å². The van der Waals surface area contributed by atoms with Gasteiger partial charge in [0.05, 0.1) is 9.77 Å². The Morgan fingerprint density at radius 1 is 1.03 bits per heavy atom. The molecule has 1 aromatic carbocycles. The van der Waals surface area contributed by atoms with Crippen LogP contribution in [0.1, 0.15) is 16.0 Å². The number of nitrogens with one attached hydrogen (secondary N) is 2. The quantitative estimate of drug-likeness (QED) is 0.547. The molecule has 0 saturated carbocycles. The van der Waals surface area contributed by atoms with Gasteiger partial charge in [0.2, 0.25) is 0 Å². The second kappa shape index (κ2) is 9.71. The summed E-state index contributed by atoms with van der Waals surface area (Å²) in [5, 5.41) is -0.0366. The molecule has 0 saturated heterocycles. The fraction of sp³-hybridized carbons (Fsp3) is 0.238. The van der Waals surface area contributed by atoms with Crippen molar-refractivity contribution in [1.82, 2.24) is 14.9 Å². The third-order valence-corrected chi connectivity index (χ3v) is 6.42. The van der Waals surface area contributed by atoms with E-state index in [1.807, 2.05) is 26.2 Å². The summed E-state index contributed by atoms with van der Waals surface area (Å²) >= 11 is 3.21. The summed E-state index contributed by atoms with van der Waals surface area (Å²) < 4.78 is 39.7. The minimum absolute atomic E-state index is 0.0814. The van der Waals surface area contributed by atoms with E-state index < -0.39 is 22.9 Å². The van der Waals surface area contributed by atoms with E-state index in [1.54, 1.807) is 17.8 Å². The number of aromatic amines is 2. The zero-order valence-electron chi connectivity index (χ0n) is 16.7. The van der Waals surface area contributed by atoms with Crippen LogP contribution in [-0.2, 0) is 6.18 Å². The van der Waals surface area contributed by atoms with Crippen LogP contribution in [-0.4, -0.2) is 41.3 Å². The number of benzene rings is 1. The van der Waals surface area contributed by atoms with Gasteiger partial charge in [-0.3, -0.25) is 9.59 Å². The van der Waals surface area contributed by atoms with E-state index in [1.165, 1.54) is 29.5 Å². The van der Waals surface area contributed by atoms with Crippen molar-refractivity contribution >= 4 is 35.3 Å². The lowest BCUT2D eigenvalue weighted by molar-refractivity contribution is -0.137. The topological polar surface area (TPSA) is 69.0 Å². The van der Waals surface area contributed by atoms with Crippen molar-refractivity contribution in [3.8, 4) is 0 Å². The van der Waals surface area contributed by atoms with Crippen molar-refractivity contribution in [3.05, 3.63) is 83.8 Å². The van der Waals surface area contributed by atoms with Crippen LogP contribution in [0.4, 0.5) is 13.2 Å². The van der Waals surface area contributed by atoms with Gasteiger partial charge in [-0.15, -0.1) is 23.1 Å². The Labute approximate surface area is 184 Å². The number of thioether (sulfide) groups is 1. The molecule has 0 spiro atoms. The van der Waals surface area contributed by atoms with Crippen LogP contribution >= 0.6 is 23.1 Å². The second-order valence-electron chi connectivity index (χ2n) is 6.96. The largest absolute Gasteiger partial charge is 0.416 e. The molecule has 5 nitrogen and oxygen atoms in total. The first kappa shape index (κ1) is 23.1. The average molecular weight is 468 g/mol. The average Bonchev–Trinajstić information content (AvgIpc) is 3.12. The van der Waals surface area contributed by atoms with Gasteiger partial charge in [-0.2, -0.15) is 13.2 Å². The molecule has 3 rings (SSSR count). The zero-order valence-corrected chi connectivity index (χ0v) is 18.4. The molecule has 0 radical (unpaired) electrons. The fourth-order valence-electron chi connectivity index (χ4n) is 2.63. The number of nitrogens with zero attached hydrogens (tertiary/aromatic N) is 1. The number of alkyl halides is 3. The van der Waals surface area contributed by atoms with Gasteiger partial charge in [0, 0.05) is 17.2 Å². The molecule has 0 fully saturated rings. The fourth-order valence-corrected chi connectivity index (χ4v) is 4.91. The van der Waals surface area contributed by atoms with Gasteiger partial charge in [-0.25, -0.2) is 0 Å². The lowest BCUT2D eigenvalue weighted by Crippen LogP contribution is -2.46. The smallest absolute Gasteiger partial charge is 0.316 e. The number of hydrogen-bond acceptors (Lipinski definition) is 5. The maximum absolute atomic E-state index is 12.9. The predicted molar refractivity (Wildman–Crippen MR) is 119 cm³/mol. The van der Waals surface area contributed by atoms with E-state index in [4.69, 9.17) is 0 Å². The number of thiophene rings is 1. The van der Waals surface area contributed by atoms with Crippen LogP contribution in [0.3, 0.4) is 0 Å². The van der Waals surface area contributed by atoms with E-state index >= 15 is 0 Å². The van der Waals surface area contributed by atoms with Crippen molar-refractivity contribution in [1.29, 1.82) is 0 Å². The Morgan fingerprint density at radius 3 is 2.35 bits per heavy atom. The predicted octanol–water partition coefficient (Wildman–Crippen LogP) is 2.45. The van der Waals surface area contributed by atoms with E-state index in [9.17, 15) is 22.8 Å². The number of aromatic nitrogens is 2. The van der Waals surface area contributed by atoms with E-state index in [2.05, 4.69) is 14.9 Å². The number of halogens is 3. The molecule has 0 aliphatic heterocycles. The molecule has 0 unspecified atom stereocenters. The van der Waals surface area contributed by atoms with Crippen molar-refractivity contribution < 1.29 is 13.2 Å². The summed E-state index contributed by atoms with van der Waals surface area (Å²) in [6.07, 6.45) is -1.70. The molecule has 10 heteroatoms. The zero-order chi connectivity index (χ0) is 22.6. The van der Waals surface area contributed by atoms with Crippen LogP contribution in [0.15, 0.2) is 50.2 Å². The Balaban J connectivity index is 1.89. The molecular weight excluding hydrogens is 447 g/mol. The van der Waals surface area contributed by atoms with Crippen LogP contribution in [0.25, 0.3) is 12.2 Å². The highest BCUT2D eigenvalue weighted by Gasteiger charge is 2.30. The summed E-state index contributed by atoms with van der Waals surface area (Å²) in [6.45, 7) is 0.943. The summed E-state index contributed by atoms with van der Waals surface area (Å²) in [6, 6.07) is 8.35. The monoisotopic (exact) mass is 467 g/mol. The van der Waals surface area contributed by atoms with Crippen LogP contribution < -0.4 is 21.8 Å². The van der Waals surface area contributed by atoms with Crippen molar-refractivity contribution in [2.75, 3.05) is 26.4 Å². The van der Waals surface area contributed by atoms with Crippen LogP contribution in [0, 0.1) is 0 Å². The summed E-state index contributed by atoms with van der Waals surface area (Å²) in [7, 11) is 4.01.